The number of rotatable bonds is 3. The maximum Gasteiger partial charge on any atom is 0.132 e. The molecular weight excluding hydrogens is 743 g/mol. The molecule has 11 aromatic rings. The van der Waals surface area contributed by atoms with Crippen LogP contribution in [0.3, 0.4) is 0 Å². The average Bonchev–Trinajstić information content (AvgIpc) is 3.81. The number of nitrogens with zero attached hydrogens (tertiary/aromatic N) is 3. The van der Waals surface area contributed by atoms with Crippen molar-refractivity contribution in [2.75, 3.05) is 0 Å². The molecule has 9 aromatic carbocycles. The van der Waals surface area contributed by atoms with Crippen LogP contribution in [0.2, 0.25) is 0 Å². The largest absolute Gasteiger partial charge is 0.457 e. The minimum Gasteiger partial charge on any atom is -0.457 e. The zero-order valence-corrected chi connectivity index (χ0v) is 32.8. The summed E-state index contributed by atoms with van der Waals surface area (Å²) in [7, 11) is 0. The maximum atomic E-state index is 9.60. The van der Waals surface area contributed by atoms with Crippen molar-refractivity contribution >= 4 is 43.5 Å². The lowest BCUT2D eigenvalue weighted by atomic mass is 9.66. The van der Waals surface area contributed by atoms with Gasteiger partial charge >= 0.3 is 0 Å². The molecule has 0 radical (unpaired) electrons. The molecule has 282 valence electrons. The van der Waals surface area contributed by atoms with Gasteiger partial charge in [-0.25, -0.2) is 4.98 Å². The molecule has 0 bridgehead atoms. The van der Waals surface area contributed by atoms with Gasteiger partial charge in [0, 0.05) is 43.9 Å². The van der Waals surface area contributed by atoms with Crippen LogP contribution < -0.4 is 4.74 Å². The fourth-order valence-corrected chi connectivity index (χ4v) is 10.5. The summed E-state index contributed by atoms with van der Waals surface area (Å²) in [6.07, 6.45) is 0. The molecule has 1 spiro atoms. The Hall–Kier alpha value is -8.26. The number of aromatic nitrogens is 2. The summed E-state index contributed by atoms with van der Waals surface area (Å²) in [5.74, 6) is 1.78. The molecule has 0 atom stereocenters. The smallest absolute Gasteiger partial charge is 0.132 e. The fraction of sp³-hybridized carbons (Fsp3) is 0.0175. The molecule has 2 aromatic heterocycles. The van der Waals surface area contributed by atoms with Crippen molar-refractivity contribution in [1.29, 1.82) is 5.26 Å². The predicted octanol–water partition coefficient (Wildman–Crippen LogP) is 14.2. The Morgan fingerprint density at radius 2 is 1.05 bits per heavy atom. The molecule has 0 saturated carbocycles. The van der Waals surface area contributed by atoms with Crippen molar-refractivity contribution in [2.45, 2.75) is 5.41 Å². The quantitative estimate of drug-likeness (QED) is 0.168. The Labute approximate surface area is 351 Å². The first-order chi connectivity index (χ1) is 30.2. The van der Waals surface area contributed by atoms with Crippen molar-refractivity contribution in [1.82, 2.24) is 9.55 Å². The van der Waals surface area contributed by atoms with E-state index in [1.165, 1.54) is 27.6 Å². The van der Waals surface area contributed by atoms with Crippen LogP contribution in [0.25, 0.3) is 82.7 Å². The van der Waals surface area contributed by atoms with Gasteiger partial charge in [0.05, 0.1) is 39.3 Å². The van der Waals surface area contributed by atoms with E-state index in [1.54, 1.807) is 0 Å². The summed E-state index contributed by atoms with van der Waals surface area (Å²) in [6, 6.07) is 73.6. The molecule has 13 rings (SSSR count). The van der Waals surface area contributed by atoms with E-state index in [0.29, 0.717) is 5.56 Å². The molecule has 0 saturated heterocycles. The zero-order valence-electron chi connectivity index (χ0n) is 32.8. The molecule has 0 fully saturated rings. The Morgan fingerprint density at radius 1 is 0.443 bits per heavy atom. The second-order valence-electron chi connectivity index (χ2n) is 16.1. The van der Waals surface area contributed by atoms with E-state index in [1.807, 2.05) is 12.1 Å². The number of benzene rings is 9. The molecule has 61 heavy (non-hydrogen) atoms. The van der Waals surface area contributed by atoms with Crippen LogP contribution in [0.15, 0.2) is 200 Å². The molecule has 2 aliphatic rings. The van der Waals surface area contributed by atoms with Crippen LogP contribution in [0.1, 0.15) is 27.8 Å². The number of nitriles is 1. The highest BCUT2D eigenvalue weighted by atomic mass is 16.5. The summed E-state index contributed by atoms with van der Waals surface area (Å²) in [5.41, 5.74) is 16.0. The van der Waals surface area contributed by atoms with Gasteiger partial charge in [-0.05, 0) is 105 Å². The fourth-order valence-electron chi connectivity index (χ4n) is 10.5. The second kappa shape index (κ2) is 12.6. The lowest BCUT2D eigenvalue weighted by Gasteiger charge is -2.39. The van der Waals surface area contributed by atoms with Crippen LogP contribution in [-0.2, 0) is 5.41 Å². The lowest BCUT2D eigenvalue weighted by Crippen LogP contribution is -2.32. The van der Waals surface area contributed by atoms with E-state index in [9.17, 15) is 5.26 Å². The minimum absolute atomic E-state index is 0.546. The van der Waals surface area contributed by atoms with Gasteiger partial charge in [-0.2, -0.15) is 5.26 Å². The van der Waals surface area contributed by atoms with Gasteiger partial charge < -0.3 is 9.30 Å². The second-order valence-corrected chi connectivity index (χ2v) is 16.1. The van der Waals surface area contributed by atoms with Gasteiger partial charge in [-0.3, -0.25) is 0 Å². The Morgan fingerprint density at radius 3 is 1.80 bits per heavy atom. The molecule has 0 unspecified atom stereocenters. The highest BCUT2D eigenvalue weighted by Gasteiger charge is 2.51. The van der Waals surface area contributed by atoms with E-state index in [-0.39, 0.29) is 0 Å². The van der Waals surface area contributed by atoms with Gasteiger partial charge in [-0.15, -0.1) is 0 Å². The molecule has 1 aliphatic heterocycles. The molecule has 4 heteroatoms. The first-order valence-corrected chi connectivity index (χ1v) is 20.7. The third kappa shape index (κ3) is 4.66. The maximum absolute atomic E-state index is 9.60. The number of ether oxygens (including phenoxy) is 1. The third-order valence-electron chi connectivity index (χ3n) is 13.1. The van der Waals surface area contributed by atoms with E-state index in [2.05, 4.69) is 199 Å². The average molecular weight is 776 g/mol. The third-order valence-corrected chi connectivity index (χ3v) is 13.1. The van der Waals surface area contributed by atoms with E-state index < -0.39 is 5.41 Å². The van der Waals surface area contributed by atoms with E-state index >= 15 is 0 Å². The molecule has 0 N–H and O–H groups in total. The van der Waals surface area contributed by atoms with Crippen molar-refractivity contribution in [3.8, 4) is 56.8 Å². The first kappa shape index (κ1) is 33.7. The summed E-state index contributed by atoms with van der Waals surface area (Å²) in [4.78, 5) is 5.39. The number of hydrogen-bond acceptors (Lipinski definition) is 3. The minimum atomic E-state index is -0.546. The molecule has 4 nitrogen and oxygen atoms in total. The van der Waals surface area contributed by atoms with Crippen LogP contribution in [0, 0.1) is 11.3 Å². The first-order valence-electron chi connectivity index (χ1n) is 20.7. The van der Waals surface area contributed by atoms with Crippen molar-refractivity contribution < 1.29 is 4.74 Å². The summed E-state index contributed by atoms with van der Waals surface area (Å²) < 4.78 is 8.89. The van der Waals surface area contributed by atoms with Gasteiger partial charge in [0.2, 0.25) is 0 Å². The van der Waals surface area contributed by atoms with Gasteiger partial charge in [-0.1, -0.05) is 133 Å². The van der Waals surface area contributed by atoms with Gasteiger partial charge in [0.15, 0.2) is 0 Å². The Bertz CT molecular complexity index is 3640. The normalized spacial score (nSPS) is 13.2. The van der Waals surface area contributed by atoms with Crippen LogP contribution >= 0.6 is 0 Å². The van der Waals surface area contributed by atoms with Crippen LogP contribution in [0.5, 0.6) is 11.5 Å². The number of para-hydroxylation sites is 4. The lowest BCUT2D eigenvalue weighted by molar-refractivity contribution is 0.436. The van der Waals surface area contributed by atoms with Crippen molar-refractivity contribution in [3.05, 3.63) is 228 Å². The molecule has 3 heterocycles. The zero-order chi connectivity index (χ0) is 40.2. The van der Waals surface area contributed by atoms with Crippen molar-refractivity contribution in [2.24, 2.45) is 0 Å². The number of pyridine rings is 1. The van der Waals surface area contributed by atoms with Crippen LogP contribution in [0.4, 0.5) is 0 Å². The van der Waals surface area contributed by atoms with E-state index in [4.69, 9.17) is 9.72 Å². The van der Waals surface area contributed by atoms with Gasteiger partial charge in [0.1, 0.15) is 11.5 Å². The summed E-state index contributed by atoms with van der Waals surface area (Å²) in [5, 5.41) is 15.3. The topological polar surface area (TPSA) is 50.8 Å². The predicted molar refractivity (Wildman–Crippen MR) is 247 cm³/mol. The van der Waals surface area contributed by atoms with E-state index in [0.717, 1.165) is 88.8 Å². The standard InChI is InChI=1S/C57H33N3O/c58-34-35-21-30-53-45(31-35)42-13-3-8-18-52(42)60(53)39-28-26-37(27-29-39)36-22-24-38(25-23-36)56-46-32-44-40-11-1-4-14-47(40)57(50(44)33-43(46)41-12-2-7-17-51(41)59-56)48-15-5-9-19-54(48)61-55-20-10-6-16-49(55)57/h1-33H. The highest BCUT2D eigenvalue weighted by Crippen LogP contribution is 2.62. The monoisotopic (exact) mass is 775 g/mol. The van der Waals surface area contributed by atoms with Gasteiger partial charge in [0.25, 0.3) is 0 Å². The Balaban J connectivity index is 0.956. The summed E-state index contributed by atoms with van der Waals surface area (Å²) in [6.45, 7) is 0. The highest BCUT2D eigenvalue weighted by molar-refractivity contribution is 6.14. The Kier molecular flexibility index (Phi) is 6.97. The SMILES string of the molecule is N#Cc1ccc2c(c1)c1ccccc1n2-c1ccc(-c2ccc(-c3nc4ccccc4c4cc5c(cc34)-c3ccccc3C53c4ccccc4Oc4ccccc43)cc2)cc1. The number of hydrogen-bond donors (Lipinski definition) is 0. The molecule has 1 aliphatic carbocycles. The molecular formula is C57H33N3O. The summed E-state index contributed by atoms with van der Waals surface area (Å²) >= 11 is 0. The van der Waals surface area contributed by atoms with Crippen molar-refractivity contribution in [3.63, 3.8) is 0 Å². The number of fused-ring (bicyclic) bond motifs is 15. The molecule has 0 amide bonds. The van der Waals surface area contributed by atoms with Crippen LogP contribution in [-0.4, -0.2) is 9.55 Å².